The van der Waals surface area contributed by atoms with Crippen LogP contribution in [0.1, 0.15) is 24.8 Å². The number of nitrogens with two attached hydrogens (primary N) is 1. The molecule has 2 saturated carbocycles. The quantitative estimate of drug-likeness (QED) is 0.882. The van der Waals surface area contributed by atoms with Crippen LogP contribution in [0, 0.1) is 17.8 Å². The van der Waals surface area contributed by atoms with Gasteiger partial charge in [0.25, 0.3) is 0 Å². The fourth-order valence-electron chi connectivity index (χ4n) is 3.92. The predicted molar refractivity (Wildman–Crippen MR) is 89.4 cm³/mol. The number of amides is 1. The van der Waals surface area contributed by atoms with Crippen LogP contribution in [0.25, 0.3) is 0 Å². The molecule has 2 aliphatic carbocycles. The van der Waals surface area contributed by atoms with Gasteiger partial charge in [-0.1, -0.05) is 17.7 Å². The van der Waals surface area contributed by atoms with Crippen molar-refractivity contribution >= 4 is 29.9 Å². The van der Waals surface area contributed by atoms with Crippen molar-refractivity contribution in [2.45, 2.75) is 31.8 Å². The molecule has 2 aliphatic rings. The third kappa shape index (κ3) is 3.05. The van der Waals surface area contributed by atoms with Gasteiger partial charge in [0.15, 0.2) is 0 Å². The van der Waals surface area contributed by atoms with Crippen molar-refractivity contribution < 1.29 is 9.53 Å². The van der Waals surface area contributed by atoms with Crippen molar-refractivity contribution in [2.75, 3.05) is 7.11 Å². The Morgan fingerprint density at radius 1 is 1.41 bits per heavy atom. The Kier molecular flexibility index (Phi) is 5.59. The number of hydrogen-bond acceptors (Lipinski definition) is 3. The Morgan fingerprint density at radius 3 is 2.77 bits per heavy atom. The number of hydrogen-bond donors (Lipinski definition) is 2. The molecular formula is C16H22Cl2N2O2. The Balaban J connectivity index is 0.00000176. The van der Waals surface area contributed by atoms with Crippen molar-refractivity contribution in [3.8, 4) is 5.75 Å². The van der Waals surface area contributed by atoms with E-state index in [2.05, 4.69) is 5.32 Å². The molecule has 6 heteroatoms. The number of fused-ring (bicyclic) bond motifs is 2. The zero-order chi connectivity index (χ0) is 15.0. The number of benzene rings is 1. The molecule has 0 radical (unpaired) electrons. The van der Waals surface area contributed by atoms with Crippen LogP contribution < -0.4 is 15.8 Å². The minimum Gasteiger partial charge on any atom is -0.496 e. The van der Waals surface area contributed by atoms with Crippen molar-refractivity contribution in [3.05, 3.63) is 28.8 Å². The van der Waals surface area contributed by atoms with Crippen molar-refractivity contribution in [3.63, 3.8) is 0 Å². The molecule has 2 bridgehead atoms. The van der Waals surface area contributed by atoms with Gasteiger partial charge in [0.05, 0.1) is 13.0 Å². The Labute approximate surface area is 142 Å². The predicted octanol–water partition coefficient (Wildman–Crippen LogP) is 2.76. The Hall–Kier alpha value is -0.970. The minimum absolute atomic E-state index is 0. The molecule has 4 nitrogen and oxygen atoms in total. The topological polar surface area (TPSA) is 64.3 Å². The Bertz CT molecular complexity index is 551. The summed E-state index contributed by atoms with van der Waals surface area (Å²) < 4.78 is 5.29. The highest BCUT2D eigenvalue weighted by atomic mass is 35.5. The monoisotopic (exact) mass is 344 g/mol. The molecule has 3 N–H and O–H groups in total. The van der Waals surface area contributed by atoms with Crippen LogP contribution in [0.3, 0.4) is 0 Å². The lowest BCUT2D eigenvalue weighted by molar-refractivity contribution is -0.127. The molecule has 2 fully saturated rings. The fraction of sp³-hybridized carbons (Fsp3) is 0.562. The van der Waals surface area contributed by atoms with Crippen LogP contribution in [0.2, 0.25) is 5.02 Å². The van der Waals surface area contributed by atoms with Crippen molar-refractivity contribution in [2.24, 2.45) is 23.5 Å². The van der Waals surface area contributed by atoms with E-state index in [0.717, 1.165) is 18.4 Å². The summed E-state index contributed by atoms with van der Waals surface area (Å²) in [6, 6.07) is 5.49. The van der Waals surface area contributed by atoms with E-state index in [9.17, 15) is 4.79 Å². The van der Waals surface area contributed by atoms with E-state index < -0.39 is 0 Å². The lowest BCUT2D eigenvalue weighted by Crippen LogP contribution is -2.45. The number of ether oxygens (including phenoxy) is 1. The second kappa shape index (κ2) is 7.07. The summed E-state index contributed by atoms with van der Waals surface area (Å²) in [5.41, 5.74) is 7.02. The van der Waals surface area contributed by atoms with Crippen LogP contribution in [-0.4, -0.2) is 19.1 Å². The van der Waals surface area contributed by atoms with Gasteiger partial charge in [-0.2, -0.15) is 0 Å². The van der Waals surface area contributed by atoms with Gasteiger partial charge in [-0.25, -0.2) is 0 Å². The highest BCUT2D eigenvalue weighted by Crippen LogP contribution is 2.47. The highest BCUT2D eigenvalue weighted by Gasteiger charge is 2.48. The third-order valence-electron chi connectivity index (χ3n) is 5.02. The summed E-state index contributed by atoms with van der Waals surface area (Å²) in [6.07, 6.45) is 3.41. The maximum absolute atomic E-state index is 12.5. The smallest absolute Gasteiger partial charge is 0.225 e. The molecule has 0 heterocycles. The largest absolute Gasteiger partial charge is 0.496 e. The number of nitrogens with one attached hydrogen (secondary N) is 1. The zero-order valence-electron chi connectivity index (χ0n) is 12.5. The maximum atomic E-state index is 12.5. The summed E-state index contributed by atoms with van der Waals surface area (Å²) in [5, 5.41) is 3.59. The molecule has 0 spiro atoms. The molecule has 4 atom stereocenters. The summed E-state index contributed by atoms with van der Waals surface area (Å²) in [5.74, 6) is 1.69. The molecule has 3 rings (SSSR count). The summed E-state index contributed by atoms with van der Waals surface area (Å²) in [7, 11) is 1.60. The van der Waals surface area contributed by atoms with Crippen LogP contribution in [-0.2, 0) is 11.3 Å². The molecule has 122 valence electrons. The first-order valence-electron chi connectivity index (χ1n) is 7.46. The molecule has 0 saturated heterocycles. The molecule has 0 aromatic heterocycles. The van der Waals surface area contributed by atoms with Gasteiger partial charge in [-0.3, -0.25) is 4.79 Å². The van der Waals surface area contributed by atoms with E-state index in [1.807, 2.05) is 12.1 Å². The summed E-state index contributed by atoms with van der Waals surface area (Å²) in [4.78, 5) is 12.5. The SMILES string of the molecule is COc1cccc(Cl)c1CNC(=O)C1C2CCC(C2)C1N.Cl. The van der Waals surface area contributed by atoms with Gasteiger partial charge < -0.3 is 15.8 Å². The van der Waals surface area contributed by atoms with Crippen molar-refractivity contribution in [1.82, 2.24) is 5.32 Å². The van der Waals surface area contributed by atoms with Gasteiger partial charge in [-0.15, -0.1) is 12.4 Å². The molecule has 1 amide bonds. The van der Waals surface area contributed by atoms with Gasteiger partial charge in [0, 0.05) is 23.2 Å². The highest BCUT2D eigenvalue weighted by molar-refractivity contribution is 6.31. The second-order valence-corrected chi connectivity index (χ2v) is 6.48. The summed E-state index contributed by atoms with van der Waals surface area (Å²) >= 11 is 6.19. The Morgan fingerprint density at radius 2 is 2.14 bits per heavy atom. The molecule has 1 aromatic carbocycles. The lowest BCUT2D eigenvalue weighted by atomic mass is 9.84. The van der Waals surface area contributed by atoms with E-state index >= 15 is 0 Å². The first-order chi connectivity index (χ1) is 10.1. The van der Waals surface area contributed by atoms with Crippen LogP contribution in [0.4, 0.5) is 0 Å². The third-order valence-corrected chi connectivity index (χ3v) is 5.37. The van der Waals surface area contributed by atoms with Gasteiger partial charge >= 0.3 is 0 Å². The van der Waals surface area contributed by atoms with E-state index in [-0.39, 0.29) is 30.3 Å². The number of carbonyl (C=O) groups excluding carboxylic acids is 1. The molecule has 0 aliphatic heterocycles. The van der Waals surface area contributed by atoms with Gasteiger partial charge in [0.1, 0.15) is 5.75 Å². The number of rotatable bonds is 4. The maximum Gasteiger partial charge on any atom is 0.225 e. The van der Waals surface area contributed by atoms with E-state index in [1.54, 1.807) is 13.2 Å². The van der Waals surface area contributed by atoms with Crippen molar-refractivity contribution in [1.29, 1.82) is 0 Å². The standard InChI is InChI=1S/C16H21ClN2O2.ClH/c1-21-13-4-2-3-12(17)11(13)8-19-16(20)14-9-5-6-10(7-9)15(14)18;/h2-4,9-10,14-15H,5-8,18H2,1H3,(H,19,20);1H. The van der Waals surface area contributed by atoms with E-state index in [0.29, 0.717) is 29.2 Å². The first kappa shape index (κ1) is 17.4. The van der Waals surface area contributed by atoms with Crippen LogP contribution in [0.5, 0.6) is 5.75 Å². The molecule has 22 heavy (non-hydrogen) atoms. The zero-order valence-corrected chi connectivity index (χ0v) is 14.1. The molecular weight excluding hydrogens is 323 g/mol. The van der Waals surface area contributed by atoms with Gasteiger partial charge in [-0.05, 0) is 43.2 Å². The summed E-state index contributed by atoms with van der Waals surface area (Å²) in [6.45, 7) is 0.377. The average Bonchev–Trinajstić information content (AvgIpc) is 3.06. The van der Waals surface area contributed by atoms with E-state index in [1.165, 1.54) is 6.42 Å². The van der Waals surface area contributed by atoms with Crippen LogP contribution >= 0.6 is 24.0 Å². The minimum atomic E-state index is -0.0442. The lowest BCUT2D eigenvalue weighted by Gasteiger charge is -2.27. The fourth-order valence-corrected chi connectivity index (χ4v) is 4.15. The first-order valence-corrected chi connectivity index (χ1v) is 7.84. The normalized spacial score (nSPS) is 29.0. The number of methoxy groups -OCH3 is 1. The second-order valence-electron chi connectivity index (χ2n) is 6.07. The van der Waals surface area contributed by atoms with Gasteiger partial charge in [0.2, 0.25) is 5.91 Å². The number of carbonyl (C=O) groups is 1. The molecule has 4 unspecified atom stereocenters. The average molecular weight is 345 g/mol. The van der Waals surface area contributed by atoms with Crippen LogP contribution in [0.15, 0.2) is 18.2 Å². The van der Waals surface area contributed by atoms with E-state index in [4.69, 9.17) is 22.1 Å². The number of halogens is 2. The molecule has 1 aromatic rings.